The lowest BCUT2D eigenvalue weighted by molar-refractivity contribution is -0.127. The fraction of sp³-hybridized carbons (Fsp3) is 0.500. The second kappa shape index (κ2) is 4.00. The van der Waals surface area contributed by atoms with Crippen molar-refractivity contribution in [3.05, 3.63) is 12.2 Å². The maximum atomic E-state index is 11.2. The van der Waals surface area contributed by atoms with Crippen LogP contribution >= 0.6 is 0 Å². The molecule has 1 rings (SSSR count). The molecule has 0 bridgehead atoms. The molecule has 0 amide bonds. The van der Waals surface area contributed by atoms with E-state index in [1.165, 1.54) is 0 Å². The third kappa shape index (κ3) is 1.91. The van der Waals surface area contributed by atoms with Gasteiger partial charge >= 0.3 is 0 Å². The second-order valence-corrected chi connectivity index (χ2v) is 2.52. The molecule has 1 aliphatic rings. The van der Waals surface area contributed by atoms with Crippen LogP contribution in [0.3, 0.4) is 0 Å². The topological polar surface area (TPSA) is 62.1 Å². The number of carbonyl (C=O) groups excluding carboxylic acids is 1. The minimum absolute atomic E-state index is 0.0382. The Labute approximate surface area is 70.8 Å². The minimum Gasteiger partial charge on any atom is -0.367 e. The third-order valence-corrected chi connectivity index (χ3v) is 1.65. The van der Waals surface area contributed by atoms with Gasteiger partial charge < -0.3 is 10.1 Å². The summed E-state index contributed by atoms with van der Waals surface area (Å²) in [7, 11) is 0. The summed E-state index contributed by atoms with van der Waals surface area (Å²) < 4.78 is 5.14. The van der Waals surface area contributed by atoms with Crippen LogP contribution in [0.15, 0.2) is 12.2 Å². The van der Waals surface area contributed by atoms with E-state index in [2.05, 4.69) is 11.9 Å². The van der Waals surface area contributed by atoms with Crippen LogP contribution < -0.4 is 5.32 Å². The summed E-state index contributed by atoms with van der Waals surface area (Å²) in [4.78, 5) is 11.2. The van der Waals surface area contributed by atoms with Crippen LogP contribution in [0, 0.1) is 11.3 Å². The zero-order valence-corrected chi connectivity index (χ0v) is 6.67. The molecule has 0 aromatic carbocycles. The predicted octanol–water partition coefficient (Wildman–Crippen LogP) is -0.376. The fourth-order valence-corrected chi connectivity index (χ4v) is 0.983. The number of nitrogens with zero attached hydrogens (tertiary/aromatic N) is 1. The van der Waals surface area contributed by atoms with Crippen LogP contribution in [0.5, 0.6) is 0 Å². The molecule has 1 saturated heterocycles. The van der Waals surface area contributed by atoms with E-state index in [4.69, 9.17) is 10.00 Å². The number of hydrogen-bond donors (Lipinski definition) is 1. The van der Waals surface area contributed by atoms with E-state index in [0.717, 1.165) is 6.54 Å². The highest BCUT2D eigenvalue weighted by Gasteiger charge is 2.23. The molecule has 4 nitrogen and oxygen atoms in total. The van der Waals surface area contributed by atoms with Gasteiger partial charge in [0.15, 0.2) is 0 Å². The Balaban J connectivity index is 2.52. The average molecular weight is 166 g/mol. The standard InChI is InChI=1S/C8H10N2O2/c1-6(4-9)8(11)7-5-10-2-3-12-7/h7,10H,1-3,5H2. The number of hydrogen-bond acceptors (Lipinski definition) is 4. The Hall–Kier alpha value is -1.18. The van der Waals surface area contributed by atoms with Gasteiger partial charge in [0.1, 0.15) is 12.2 Å². The van der Waals surface area contributed by atoms with Gasteiger partial charge in [0.25, 0.3) is 0 Å². The van der Waals surface area contributed by atoms with E-state index >= 15 is 0 Å². The normalized spacial score (nSPS) is 22.8. The van der Waals surface area contributed by atoms with Gasteiger partial charge in [-0.25, -0.2) is 0 Å². The molecule has 0 radical (unpaired) electrons. The number of Topliss-reactive ketones (excluding diaryl/α,β-unsaturated/α-hetero) is 1. The van der Waals surface area contributed by atoms with Crippen molar-refractivity contribution in [1.82, 2.24) is 5.32 Å². The SMILES string of the molecule is C=C(C#N)C(=O)C1CNCCO1. The van der Waals surface area contributed by atoms with Crippen LogP contribution in [0.25, 0.3) is 0 Å². The summed E-state index contributed by atoms with van der Waals surface area (Å²) in [6.07, 6.45) is -0.522. The number of nitrogens with one attached hydrogen (secondary N) is 1. The molecule has 1 heterocycles. The molecule has 12 heavy (non-hydrogen) atoms. The van der Waals surface area contributed by atoms with E-state index in [-0.39, 0.29) is 11.4 Å². The van der Waals surface area contributed by atoms with Crippen molar-refractivity contribution in [2.45, 2.75) is 6.10 Å². The van der Waals surface area contributed by atoms with Crippen LogP contribution in [0.4, 0.5) is 0 Å². The quantitative estimate of drug-likeness (QED) is 0.449. The highest BCUT2D eigenvalue weighted by atomic mass is 16.5. The highest BCUT2D eigenvalue weighted by Crippen LogP contribution is 2.03. The molecule has 0 spiro atoms. The zero-order chi connectivity index (χ0) is 8.97. The number of nitriles is 1. The average Bonchev–Trinajstić information content (AvgIpc) is 2.17. The zero-order valence-electron chi connectivity index (χ0n) is 6.67. The highest BCUT2D eigenvalue weighted by molar-refractivity contribution is 6.01. The summed E-state index contributed by atoms with van der Waals surface area (Å²) in [5.74, 6) is -0.315. The molecule has 1 atom stereocenters. The number of carbonyl (C=O) groups is 1. The molecule has 0 aliphatic carbocycles. The first-order valence-electron chi connectivity index (χ1n) is 3.71. The second-order valence-electron chi connectivity index (χ2n) is 2.52. The van der Waals surface area contributed by atoms with Crippen LogP contribution in [0.2, 0.25) is 0 Å². The van der Waals surface area contributed by atoms with Gasteiger partial charge in [-0.2, -0.15) is 5.26 Å². The number of morpholine rings is 1. The van der Waals surface area contributed by atoms with Crippen molar-refractivity contribution in [2.75, 3.05) is 19.7 Å². The van der Waals surface area contributed by atoms with Crippen molar-refractivity contribution in [3.8, 4) is 6.07 Å². The van der Waals surface area contributed by atoms with Gasteiger partial charge in [-0.15, -0.1) is 0 Å². The van der Waals surface area contributed by atoms with Gasteiger partial charge in [-0.05, 0) is 0 Å². The first kappa shape index (κ1) is 8.91. The van der Waals surface area contributed by atoms with Gasteiger partial charge in [-0.3, -0.25) is 4.79 Å². The summed E-state index contributed by atoms with van der Waals surface area (Å²) in [5.41, 5.74) is -0.0382. The maximum absolute atomic E-state index is 11.2. The smallest absolute Gasteiger partial charge is 0.202 e. The van der Waals surface area contributed by atoms with Crippen LogP contribution in [0.1, 0.15) is 0 Å². The lowest BCUT2D eigenvalue weighted by Crippen LogP contribution is -2.43. The first-order chi connectivity index (χ1) is 5.75. The summed E-state index contributed by atoms with van der Waals surface area (Å²) in [5, 5.41) is 11.4. The Morgan fingerprint density at radius 2 is 2.50 bits per heavy atom. The Morgan fingerprint density at radius 3 is 3.00 bits per heavy atom. The minimum atomic E-state index is -0.522. The van der Waals surface area contributed by atoms with Gasteiger partial charge in [0.05, 0.1) is 12.2 Å². The molecule has 0 aromatic rings. The fourth-order valence-electron chi connectivity index (χ4n) is 0.983. The van der Waals surface area contributed by atoms with Crippen LogP contribution in [-0.4, -0.2) is 31.6 Å². The Kier molecular flexibility index (Phi) is 2.97. The van der Waals surface area contributed by atoms with E-state index in [9.17, 15) is 4.79 Å². The first-order valence-corrected chi connectivity index (χ1v) is 3.71. The van der Waals surface area contributed by atoms with Gasteiger partial charge in [0.2, 0.25) is 5.78 Å². The Bertz CT molecular complexity index is 236. The van der Waals surface area contributed by atoms with E-state index in [1.54, 1.807) is 6.07 Å². The maximum Gasteiger partial charge on any atom is 0.202 e. The third-order valence-electron chi connectivity index (χ3n) is 1.65. The van der Waals surface area contributed by atoms with Crippen molar-refractivity contribution in [3.63, 3.8) is 0 Å². The summed E-state index contributed by atoms with van der Waals surface area (Å²) in [6.45, 7) is 5.06. The van der Waals surface area contributed by atoms with E-state index in [0.29, 0.717) is 13.2 Å². The summed E-state index contributed by atoms with van der Waals surface area (Å²) >= 11 is 0. The largest absolute Gasteiger partial charge is 0.367 e. The molecule has 64 valence electrons. The Morgan fingerprint density at radius 1 is 1.75 bits per heavy atom. The molecule has 1 aliphatic heterocycles. The molecular weight excluding hydrogens is 156 g/mol. The van der Waals surface area contributed by atoms with E-state index < -0.39 is 6.10 Å². The molecule has 0 saturated carbocycles. The lowest BCUT2D eigenvalue weighted by atomic mass is 10.1. The van der Waals surface area contributed by atoms with E-state index in [1.807, 2.05) is 0 Å². The number of ether oxygens (including phenoxy) is 1. The predicted molar refractivity (Wildman–Crippen MR) is 42.4 cm³/mol. The summed E-state index contributed by atoms with van der Waals surface area (Å²) in [6, 6.07) is 1.71. The number of rotatable bonds is 2. The molecule has 1 N–H and O–H groups in total. The molecule has 1 unspecified atom stereocenters. The van der Waals surface area contributed by atoms with Crippen molar-refractivity contribution < 1.29 is 9.53 Å². The lowest BCUT2D eigenvalue weighted by Gasteiger charge is -2.21. The molecule has 1 fully saturated rings. The molecule has 0 aromatic heterocycles. The molecular formula is C8H10N2O2. The van der Waals surface area contributed by atoms with Crippen molar-refractivity contribution >= 4 is 5.78 Å². The van der Waals surface area contributed by atoms with Crippen molar-refractivity contribution in [1.29, 1.82) is 5.26 Å². The number of ketones is 1. The van der Waals surface area contributed by atoms with Crippen LogP contribution in [-0.2, 0) is 9.53 Å². The monoisotopic (exact) mass is 166 g/mol. The van der Waals surface area contributed by atoms with Gasteiger partial charge in [0, 0.05) is 13.1 Å². The molecule has 4 heteroatoms. The van der Waals surface area contributed by atoms with Crippen molar-refractivity contribution in [2.24, 2.45) is 0 Å². The van der Waals surface area contributed by atoms with Gasteiger partial charge in [-0.1, -0.05) is 6.58 Å².